The van der Waals surface area contributed by atoms with Crippen LogP contribution in [0, 0.1) is 5.82 Å². The second-order valence-corrected chi connectivity index (χ2v) is 7.35. The number of rotatable bonds is 8. The van der Waals surface area contributed by atoms with E-state index in [0.717, 1.165) is 60.2 Å². The van der Waals surface area contributed by atoms with Crippen molar-refractivity contribution in [2.75, 3.05) is 38.1 Å². The smallest absolute Gasteiger partial charge is 0.159 e. The molecule has 0 aliphatic rings. The molecule has 2 heterocycles. The molecule has 0 saturated carbocycles. The molecule has 0 fully saturated rings. The Balaban J connectivity index is 1.55. The zero-order valence-electron chi connectivity index (χ0n) is 17.2. The van der Waals surface area contributed by atoms with Crippen molar-refractivity contribution in [2.24, 2.45) is 0 Å². The van der Waals surface area contributed by atoms with Crippen LogP contribution in [0.1, 0.15) is 20.3 Å². The molecule has 0 bridgehead atoms. The maximum Gasteiger partial charge on any atom is 0.159 e. The molecule has 4 aromatic rings. The van der Waals surface area contributed by atoms with Crippen molar-refractivity contribution in [2.45, 2.75) is 20.3 Å². The van der Waals surface area contributed by atoms with Crippen LogP contribution < -0.4 is 4.90 Å². The highest BCUT2D eigenvalue weighted by molar-refractivity contribution is 5.93. The Morgan fingerprint density at radius 1 is 1.00 bits per heavy atom. The lowest BCUT2D eigenvalue weighted by Gasteiger charge is -2.22. The van der Waals surface area contributed by atoms with Crippen molar-refractivity contribution in [3.63, 3.8) is 0 Å². The number of fused-ring (bicyclic) bond motifs is 2. The van der Waals surface area contributed by atoms with Crippen LogP contribution in [0.4, 0.5) is 10.1 Å². The minimum absolute atomic E-state index is 0.287. The SMILES string of the molecule is CCN(CC)CCCN(C)c1ccc2nc(-c3n[nH]c4ccc(F)cc34)[nH]c2c1. The van der Waals surface area contributed by atoms with Crippen LogP contribution >= 0.6 is 0 Å². The third-order valence-corrected chi connectivity index (χ3v) is 5.52. The molecule has 0 spiro atoms. The van der Waals surface area contributed by atoms with E-state index in [2.05, 4.69) is 63.0 Å². The first kappa shape index (κ1) is 19.4. The summed E-state index contributed by atoms with van der Waals surface area (Å²) in [6.07, 6.45) is 1.12. The average Bonchev–Trinajstić information content (AvgIpc) is 3.33. The van der Waals surface area contributed by atoms with Gasteiger partial charge in [0.25, 0.3) is 0 Å². The van der Waals surface area contributed by atoms with E-state index in [9.17, 15) is 4.39 Å². The highest BCUT2D eigenvalue weighted by Gasteiger charge is 2.14. The maximum atomic E-state index is 13.7. The Morgan fingerprint density at radius 3 is 2.62 bits per heavy atom. The molecule has 2 N–H and O–H groups in total. The molecular weight excluding hydrogens is 367 g/mol. The fourth-order valence-corrected chi connectivity index (χ4v) is 3.71. The second-order valence-electron chi connectivity index (χ2n) is 7.35. The number of hydrogen-bond donors (Lipinski definition) is 2. The molecule has 0 saturated heterocycles. The van der Waals surface area contributed by atoms with Gasteiger partial charge in [-0.05, 0) is 62.5 Å². The topological polar surface area (TPSA) is 63.8 Å². The fraction of sp³-hybridized carbons (Fsp3) is 0.364. The van der Waals surface area contributed by atoms with E-state index >= 15 is 0 Å². The fourth-order valence-electron chi connectivity index (χ4n) is 3.71. The van der Waals surface area contributed by atoms with Gasteiger partial charge in [0.05, 0.1) is 16.6 Å². The van der Waals surface area contributed by atoms with Crippen molar-refractivity contribution in [1.29, 1.82) is 0 Å². The molecule has 0 atom stereocenters. The molecule has 0 amide bonds. The molecule has 0 radical (unpaired) electrons. The Hall–Kier alpha value is -2.93. The van der Waals surface area contributed by atoms with Gasteiger partial charge in [0.1, 0.15) is 11.5 Å². The molecule has 0 aliphatic heterocycles. The zero-order chi connectivity index (χ0) is 20.4. The van der Waals surface area contributed by atoms with Crippen molar-refractivity contribution in [3.05, 3.63) is 42.2 Å². The molecule has 2 aromatic heterocycles. The standard InChI is InChI=1S/C22H27FN6/c1-4-29(5-2)12-6-11-28(3)16-8-10-19-20(14-16)25-22(24-19)21-17-13-15(23)7-9-18(17)26-27-21/h7-10,13-14H,4-6,11-12H2,1-3H3,(H,24,25)(H,26,27). The Bertz CT molecular complexity index is 1110. The van der Waals surface area contributed by atoms with Gasteiger partial charge in [-0.1, -0.05) is 13.8 Å². The summed E-state index contributed by atoms with van der Waals surface area (Å²) in [6, 6.07) is 10.8. The lowest BCUT2D eigenvalue weighted by molar-refractivity contribution is 0.301. The summed E-state index contributed by atoms with van der Waals surface area (Å²) in [5, 5.41) is 7.99. The zero-order valence-corrected chi connectivity index (χ0v) is 17.2. The van der Waals surface area contributed by atoms with Gasteiger partial charge >= 0.3 is 0 Å². The first-order chi connectivity index (χ1) is 14.1. The molecule has 0 unspecified atom stereocenters. The predicted octanol–water partition coefficient (Wildman–Crippen LogP) is 4.41. The van der Waals surface area contributed by atoms with Gasteiger partial charge < -0.3 is 14.8 Å². The Labute approximate surface area is 169 Å². The van der Waals surface area contributed by atoms with Crippen LogP contribution in [-0.4, -0.2) is 58.3 Å². The highest BCUT2D eigenvalue weighted by atomic mass is 19.1. The summed E-state index contributed by atoms with van der Waals surface area (Å²) >= 11 is 0. The van der Waals surface area contributed by atoms with Gasteiger partial charge in [0, 0.05) is 24.7 Å². The number of imidazole rings is 1. The number of hydrogen-bond acceptors (Lipinski definition) is 4. The highest BCUT2D eigenvalue weighted by Crippen LogP contribution is 2.28. The van der Waals surface area contributed by atoms with Crippen molar-refractivity contribution in [3.8, 4) is 11.5 Å². The molecule has 0 aliphatic carbocycles. The minimum Gasteiger partial charge on any atom is -0.374 e. The number of aromatic amines is 2. The number of nitrogens with zero attached hydrogens (tertiary/aromatic N) is 4. The van der Waals surface area contributed by atoms with Crippen LogP contribution in [0.3, 0.4) is 0 Å². The first-order valence-electron chi connectivity index (χ1n) is 10.2. The van der Waals surface area contributed by atoms with E-state index in [1.54, 1.807) is 6.07 Å². The number of benzene rings is 2. The number of aromatic nitrogens is 4. The van der Waals surface area contributed by atoms with Crippen LogP contribution in [0.15, 0.2) is 36.4 Å². The molecule has 6 nitrogen and oxygen atoms in total. The minimum atomic E-state index is -0.287. The summed E-state index contributed by atoms with van der Waals surface area (Å²) in [4.78, 5) is 12.7. The van der Waals surface area contributed by atoms with E-state index < -0.39 is 0 Å². The summed E-state index contributed by atoms with van der Waals surface area (Å²) in [7, 11) is 2.12. The number of halogens is 1. The Kier molecular flexibility index (Phi) is 5.49. The van der Waals surface area contributed by atoms with Gasteiger partial charge in [0.15, 0.2) is 5.82 Å². The van der Waals surface area contributed by atoms with Crippen LogP contribution in [0.25, 0.3) is 33.5 Å². The monoisotopic (exact) mass is 394 g/mol. The van der Waals surface area contributed by atoms with Gasteiger partial charge in [-0.3, -0.25) is 5.10 Å². The van der Waals surface area contributed by atoms with Gasteiger partial charge in [-0.2, -0.15) is 5.10 Å². The lowest BCUT2D eigenvalue weighted by Crippen LogP contribution is -2.28. The van der Waals surface area contributed by atoms with Gasteiger partial charge in [-0.25, -0.2) is 9.37 Å². The second kappa shape index (κ2) is 8.21. The van der Waals surface area contributed by atoms with E-state index in [-0.39, 0.29) is 5.82 Å². The number of H-pyrrole nitrogens is 2. The quantitative estimate of drug-likeness (QED) is 0.465. The van der Waals surface area contributed by atoms with E-state index in [4.69, 9.17) is 0 Å². The predicted molar refractivity (Wildman–Crippen MR) is 117 cm³/mol. The third-order valence-electron chi connectivity index (χ3n) is 5.52. The molecule has 4 rings (SSSR count). The largest absolute Gasteiger partial charge is 0.374 e. The Morgan fingerprint density at radius 2 is 1.83 bits per heavy atom. The normalized spacial score (nSPS) is 11.8. The van der Waals surface area contributed by atoms with Crippen molar-refractivity contribution in [1.82, 2.24) is 25.1 Å². The van der Waals surface area contributed by atoms with Gasteiger partial charge in [0.2, 0.25) is 0 Å². The lowest BCUT2D eigenvalue weighted by atomic mass is 10.2. The van der Waals surface area contributed by atoms with Crippen LogP contribution in [0.5, 0.6) is 0 Å². The summed E-state index contributed by atoms with van der Waals surface area (Å²) < 4.78 is 13.7. The molecule has 152 valence electrons. The number of nitrogens with one attached hydrogen (secondary N) is 2. The summed E-state index contributed by atoms with van der Waals surface area (Å²) in [6.45, 7) is 8.69. The molecule has 2 aromatic carbocycles. The van der Waals surface area contributed by atoms with Crippen LogP contribution in [0.2, 0.25) is 0 Å². The summed E-state index contributed by atoms with van der Waals surface area (Å²) in [5.41, 5.74) is 4.37. The van der Waals surface area contributed by atoms with Crippen molar-refractivity contribution < 1.29 is 4.39 Å². The summed E-state index contributed by atoms with van der Waals surface area (Å²) in [5.74, 6) is 0.350. The molecular formula is C22H27FN6. The maximum absolute atomic E-state index is 13.7. The van der Waals surface area contributed by atoms with Crippen LogP contribution in [-0.2, 0) is 0 Å². The number of anilines is 1. The van der Waals surface area contributed by atoms with Crippen molar-refractivity contribution >= 4 is 27.6 Å². The average molecular weight is 394 g/mol. The van der Waals surface area contributed by atoms with E-state index in [1.165, 1.54) is 12.1 Å². The molecule has 29 heavy (non-hydrogen) atoms. The van der Waals surface area contributed by atoms with E-state index in [0.29, 0.717) is 11.5 Å². The van der Waals surface area contributed by atoms with E-state index in [1.807, 2.05) is 6.07 Å². The first-order valence-corrected chi connectivity index (χ1v) is 10.2. The third kappa shape index (κ3) is 3.96. The molecule has 7 heteroatoms. The van der Waals surface area contributed by atoms with Gasteiger partial charge in [-0.15, -0.1) is 0 Å².